The average Bonchev–Trinajstić information content (AvgIpc) is 2.60. The fraction of sp³-hybridized carbons (Fsp3) is 0.211. The Hall–Kier alpha value is -2.75. The Morgan fingerprint density at radius 2 is 1.83 bits per heavy atom. The third-order valence-corrected chi connectivity index (χ3v) is 3.48. The molecule has 1 N–H and O–H groups in total. The molecule has 0 bridgehead atoms. The molecule has 2 aromatic rings. The summed E-state index contributed by atoms with van der Waals surface area (Å²) in [5, 5.41) is 2.83. The van der Waals surface area contributed by atoms with Gasteiger partial charge in [-0.2, -0.15) is 0 Å². The van der Waals surface area contributed by atoms with Crippen LogP contribution in [0.1, 0.15) is 18.1 Å². The third-order valence-electron chi connectivity index (χ3n) is 3.48. The van der Waals surface area contributed by atoms with Gasteiger partial charge in [-0.25, -0.2) is 0 Å². The van der Waals surface area contributed by atoms with Gasteiger partial charge in [-0.15, -0.1) is 0 Å². The highest BCUT2D eigenvalue weighted by Crippen LogP contribution is 2.25. The number of carbonyl (C=O) groups excluding carboxylic acids is 1. The van der Waals surface area contributed by atoms with Crippen LogP contribution in [0.3, 0.4) is 0 Å². The minimum absolute atomic E-state index is 0.188. The number of hydrogen-bond acceptors (Lipinski definition) is 3. The zero-order chi connectivity index (χ0) is 16.7. The number of nitrogens with one attached hydrogen (secondary N) is 1. The van der Waals surface area contributed by atoms with Crippen molar-refractivity contribution in [3.63, 3.8) is 0 Å². The minimum atomic E-state index is -0.188. The Bertz CT molecular complexity index is 690. The lowest BCUT2D eigenvalue weighted by Crippen LogP contribution is -2.07. The number of amides is 1. The summed E-state index contributed by atoms with van der Waals surface area (Å²) in [5.74, 6) is 1.17. The summed E-state index contributed by atoms with van der Waals surface area (Å²) in [4.78, 5) is 12.0. The molecule has 0 aromatic heterocycles. The van der Waals surface area contributed by atoms with E-state index in [-0.39, 0.29) is 5.91 Å². The van der Waals surface area contributed by atoms with Crippen molar-refractivity contribution in [3.8, 4) is 11.5 Å². The van der Waals surface area contributed by atoms with Crippen LogP contribution in [-0.2, 0) is 11.2 Å². The Morgan fingerprint density at radius 3 is 2.43 bits per heavy atom. The van der Waals surface area contributed by atoms with Gasteiger partial charge in [0, 0.05) is 23.4 Å². The number of hydrogen-bond donors (Lipinski definition) is 1. The molecule has 0 saturated carbocycles. The summed E-state index contributed by atoms with van der Waals surface area (Å²) in [5.41, 5.74) is 2.82. The maximum Gasteiger partial charge on any atom is 0.248 e. The molecule has 4 heteroatoms. The van der Waals surface area contributed by atoms with Crippen LogP contribution in [0.4, 0.5) is 5.69 Å². The highest BCUT2D eigenvalue weighted by Gasteiger charge is 2.03. The molecule has 1 amide bonds. The van der Waals surface area contributed by atoms with Crippen molar-refractivity contribution in [3.05, 3.63) is 59.7 Å². The standard InChI is InChI=1S/C19H21NO3/c1-4-14-5-9-16(10-6-14)20-19(21)12-8-15-7-11-17(22-2)13-18(15)23-3/h5-13H,4H2,1-3H3,(H,20,21). The normalized spacial score (nSPS) is 10.6. The summed E-state index contributed by atoms with van der Waals surface area (Å²) < 4.78 is 10.5. The van der Waals surface area contributed by atoms with Gasteiger partial charge < -0.3 is 14.8 Å². The van der Waals surface area contributed by atoms with Gasteiger partial charge in [0.1, 0.15) is 11.5 Å². The summed E-state index contributed by atoms with van der Waals surface area (Å²) in [7, 11) is 3.18. The number of benzene rings is 2. The van der Waals surface area contributed by atoms with Crippen LogP contribution in [0.2, 0.25) is 0 Å². The molecule has 120 valence electrons. The Labute approximate surface area is 136 Å². The van der Waals surface area contributed by atoms with Crippen molar-refractivity contribution in [2.45, 2.75) is 13.3 Å². The first-order chi connectivity index (χ1) is 11.2. The van der Waals surface area contributed by atoms with E-state index in [1.807, 2.05) is 36.4 Å². The van der Waals surface area contributed by atoms with E-state index in [1.165, 1.54) is 11.6 Å². The number of methoxy groups -OCH3 is 2. The van der Waals surface area contributed by atoms with E-state index in [1.54, 1.807) is 26.4 Å². The molecule has 0 aliphatic heterocycles. The molecule has 0 fully saturated rings. The number of rotatable bonds is 6. The monoisotopic (exact) mass is 311 g/mol. The maximum atomic E-state index is 12.0. The second-order valence-corrected chi connectivity index (χ2v) is 4.98. The fourth-order valence-electron chi connectivity index (χ4n) is 2.13. The first-order valence-corrected chi connectivity index (χ1v) is 7.46. The van der Waals surface area contributed by atoms with Crippen LogP contribution < -0.4 is 14.8 Å². The first kappa shape index (κ1) is 16.6. The third kappa shape index (κ3) is 4.61. The topological polar surface area (TPSA) is 47.6 Å². The molecule has 0 heterocycles. The second-order valence-electron chi connectivity index (χ2n) is 4.98. The summed E-state index contributed by atoms with van der Waals surface area (Å²) in [6.07, 6.45) is 4.18. The lowest BCUT2D eigenvalue weighted by atomic mass is 10.1. The fourth-order valence-corrected chi connectivity index (χ4v) is 2.13. The van der Waals surface area contributed by atoms with Crippen LogP contribution >= 0.6 is 0 Å². The molecule has 0 aliphatic carbocycles. The lowest BCUT2D eigenvalue weighted by molar-refractivity contribution is -0.111. The van der Waals surface area contributed by atoms with E-state index in [2.05, 4.69) is 12.2 Å². The zero-order valence-corrected chi connectivity index (χ0v) is 13.6. The second kappa shape index (κ2) is 8.03. The van der Waals surface area contributed by atoms with Crippen molar-refractivity contribution in [1.29, 1.82) is 0 Å². The van der Waals surface area contributed by atoms with Crippen LogP contribution in [0, 0.1) is 0 Å². The van der Waals surface area contributed by atoms with E-state index in [9.17, 15) is 4.79 Å². The van der Waals surface area contributed by atoms with E-state index in [0.29, 0.717) is 11.5 Å². The van der Waals surface area contributed by atoms with Gasteiger partial charge in [0.05, 0.1) is 14.2 Å². The molecule has 0 saturated heterocycles. The highest BCUT2D eigenvalue weighted by molar-refractivity contribution is 6.02. The molecule has 2 rings (SSSR count). The van der Waals surface area contributed by atoms with E-state index >= 15 is 0 Å². The SMILES string of the molecule is CCc1ccc(NC(=O)C=Cc2ccc(OC)cc2OC)cc1. The summed E-state index contributed by atoms with van der Waals surface area (Å²) in [6.45, 7) is 2.10. The lowest BCUT2D eigenvalue weighted by Gasteiger charge is -2.07. The molecule has 23 heavy (non-hydrogen) atoms. The van der Waals surface area contributed by atoms with Gasteiger partial charge >= 0.3 is 0 Å². The number of carbonyl (C=O) groups is 1. The zero-order valence-electron chi connectivity index (χ0n) is 13.6. The number of anilines is 1. The number of aryl methyl sites for hydroxylation is 1. The van der Waals surface area contributed by atoms with Crippen LogP contribution in [0.15, 0.2) is 48.5 Å². The molecule has 0 aliphatic rings. The van der Waals surface area contributed by atoms with Gasteiger partial charge in [-0.3, -0.25) is 4.79 Å². The van der Waals surface area contributed by atoms with Crippen LogP contribution in [-0.4, -0.2) is 20.1 Å². The predicted molar refractivity (Wildman–Crippen MR) is 93.0 cm³/mol. The molecule has 0 unspecified atom stereocenters. The highest BCUT2D eigenvalue weighted by atomic mass is 16.5. The summed E-state index contributed by atoms with van der Waals surface area (Å²) >= 11 is 0. The molecule has 0 radical (unpaired) electrons. The van der Waals surface area contributed by atoms with Gasteiger partial charge in [-0.05, 0) is 42.3 Å². The van der Waals surface area contributed by atoms with Crippen molar-refractivity contribution in [1.82, 2.24) is 0 Å². The maximum absolute atomic E-state index is 12.0. The average molecular weight is 311 g/mol. The van der Waals surface area contributed by atoms with Crippen molar-refractivity contribution in [2.75, 3.05) is 19.5 Å². The Balaban J connectivity index is 2.05. The molecular weight excluding hydrogens is 290 g/mol. The summed E-state index contributed by atoms with van der Waals surface area (Å²) in [6, 6.07) is 13.3. The van der Waals surface area contributed by atoms with Crippen molar-refractivity contribution in [2.24, 2.45) is 0 Å². The van der Waals surface area contributed by atoms with Gasteiger partial charge in [0.2, 0.25) is 5.91 Å². The molecular formula is C19H21NO3. The minimum Gasteiger partial charge on any atom is -0.497 e. The Morgan fingerprint density at radius 1 is 1.09 bits per heavy atom. The first-order valence-electron chi connectivity index (χ1n) is 7.46. The van der Waals surface area contributed by atoms with Gasteiger partial charge in [0.15, 0.2) is 0 Å². The van der Waals surface area contributed by atoms with E-state index in [4.69, 9.17) is 9.47 Å². The predicted octanol–water partition coefficient (Wildman–Crippen LogP) is 3.92. The smallest absolute Gasteiger partial charge is 0.248 e. The Kier molecular flexibility index (Phi) is 5.80. The van der Waals surface area contributed by atoms with Gasteiger partial charge in [0.25, 0.3) is 0 Å². The van der Waals surface area contributed by atoms with E-state index in [0.717, 1.165) is 17.7 Å². The molecule has 4 nitrogen and oxygen atoms in total. The molecule has 0 atom stereocenters. The van der Waals surface area contributed by atoms with Crippen LogP contribution in [0.5, 0.6) is 11.5 Å². The molecule has 2 aromatic carbocycles. The van der Waals surface area contributed by atoms with Crippen molar-refractivity contribution < 1.29 is 14.3 Å². The molecule has 0 spiro atoms. The van der Waals surface area contributed by atoms with Crippen molar-refractivity contribution >= 4 is 17.7 Å². The quantitative estimate of drug-likeness (QED) is 0.823. The van der Waals surface area contributed by atoms with E-state index < -0.39 is 0 Å². The van der Waals surface area contributed by atoms with Gasteiger partial charge in [-0.1, -0.05) is 19.1 Å². The van der Waals surface area contributed by atoms with Crippen LogP contribution in [0.25, 0.3) is 6.08 Å². The number of ether oxygens (including phenoxy) is 2. The largest absolute Gasteiger partial charge is 0.497 e.